The zero-order valence-electron chi connectivity index (χ0n) is 6.18. The van der Waals surface area contributed by atoms with Crippen LogP contribution >= 0.6 is 0 Å². The summed E-state index contributed by atoms with van der Waals surface area (Å²) in [5, 5.41) is 17.4. The third kappa shape index (κ3) is 2.15. The minimum Gasteiger partial charge on any atom is -0.423 e. The summed E-state index contributed by atoms with van der Waals surface area (Å²) in [7, 11) is -1.56. The molecule has 0 aromatic carbocycles. The molecule has 0 spiro atoms. The van der Waals surface area contributed by atoms with Crippen molar-refractivity contribution >= 4 is 18.7 Å². The molecule has 0 aliphatic heterocycles. The van der Waals surface area contributed by atoms with E-state index < -0.39 is 7.12 Å². The zero-order chi connectivity index (χ0) is 8.97. The standard InChI is InChI=1S/C7H7BFNO2/c9-2-1-6-3-7(8(11)12)5-10-4-6/h1-5,11-12H. The van der Waals surface area contributed by atoms with E-state index in [0.717, 1.165) is 0 Å². The van der Waals surface area contributed by atoms with Gasteiger partial charge in [-0.05, 0) is 11.6 Å². The molecule has 0 fully saturated rings. The van der Waals surface area contributed by atoms with E-state index in [4.69, 9.17) is 10.0 Å². The summed E-state index contributed by atoms with van der Waals surface area (Å²) < 4.78 is 11.7. The van der Waals surface area contributed by atoms with Gasteiger partial charge in [0.25, 0.3) is 0 Å². The van der Waals surface area contributed by atoms with Gasteiger partial charge in [0.1, 0.15) is 0 Å². The molecule has 1 aromatic rings. The first-order chi connectivity index (χ1) is 5.74. The van der Waals surface area contributed by atoms with Crippen LogP contribution in [0.5, 0.6) is 0 Å². The van der Waals surface area contributed by atoms with Crippen molar-refractivity contribution in [3.05, 3.63) is 30.4 Å². The van der Waals surface area contributed by atoms with Crippen molar-refractivity contribution in [2.24, 2.45) is 0 Å². The third-order valence-electron chi connectivity index (χ3n) is 1.33. The van der Waals surface area contributed by atoms with Crippen molar-refractivity contribution < 1.29 is 14.4 Å². The first-order valence-electron chi connectivity index (χ1n) is 3.32. The van der Waals surface area contributed by atoms with E-state index in [0.29, 0.717) is 11.9 Å². The summed E-state index contributed by atoms with van der Waals surface area (Å²) in [5.41, 5.74) is 0.730. The highest BCUT2D eigenvalue weighted by Gasteiger charge is 2.10. The van der Waals surface area contributed by atoms with E-state index in [1.807, 2.05) is 0 Å². The van der Waals surface area contributed by atoms with Gasteiger partial charge < -0.3 is 10.0 Å². The van der Waals surface area contributed by atoms with Crippen molar-refractivity contribution in [3.63, 3.8) is 0 Å². The highest BCUT2D eigenvalue weighted by molar-refractivity contribution is 6.58. The highest BCUT2D eigenvalue weighted by Crippen LogP contribution is 1.97. The van der Waals surface area contributed by atoms with Crippen molar-refractivity contribution in [1.29, 1.82) is 0 Å². The van der Waals surface area contributed by atoms with Crippen LogP contribution in [0.4, 0.5) is 4.39 Å². The van der Waals surface area contributed by atoms with Crippen LogP contribution in [-0.4, -0.2) is 22.2 Å². The van der Waals surface area contributed by atoms with Gasteiger partial charge in [0.05, 0.1) is 6.33 Å². The van der Waals surface area contributed by atoms with Crippen molar-refractivity contribution in [2.45, 2.75) is 0 Å². The van der Waals surface area contributed by atoms with Crippen LogP contribution < -0.4 is 5.46 Å². The summed E-state index contributed by atoms with van der Waals surface area (Å²) in [6, 6.07) is 1.44. The molecule has 12 heavy (non-hydrogen) atoms. The second kappa shape index (κ2) is 3.99. The molecule has 5 heteroatoms. The Morgan fingerprint density at radius 2 is 2.17 bits per heavy atom. The fourth-order valence-electron chi connectivity index (χ4n) is 0.781. The largest absolute Gasteiger partial charge is 0.490 e. The summed E-state index contributed by atoms with van der Waals surface area (Å²) in [6.45, 7) is 0. The van der Waals surface area contributed by atoms with Crippen LogP contribution in [0, 0.1) is 0 Å². The van der Waals surface area contributed by atoms with E-state index in [1.165, 1.54) is 24.5 Å². The van der Waals surface area contributed by atoms with Crippen LogP contribution in [0.15, 0.2) is 24.8 Å². The van der Waals surface area contributed by atoms with Gasteiger partial charge >= 0.3 is 7.12 Å². The average Bonchev–Trinajstić information content (AvgIpc) is 2.05. The zero-order valence-corrected chi connectivity index (χ0v) is 6.18. The molecule has 0 saturated carbocycles. The van der Waals surface area contributed by atoms with Gasteiger partial charge in [0.15, 0.2) is 0 Å². The van der Waals surface area contributed by atoms with Crippen LogP contribution in [-0.2, 0) is 0 Å². The van der Waals surface area contributed by atoms with E-state index >= 15 is 0 Å². The quantitative estimate of drug-likeness (QED) is 0.594. The molecule has 1 rings (SSSR count). The van der Waals surface area contributed by atoms with Gasteiger partial charge in [-0.25, -0.2) is 4.39 Å². The van der Waals surface area contributed by atoms with Crippen LogP contribution in [0.3, 0.4) is 0 Å². The van der Waals surface area contributed by atoms with Gasteiger partial charge in [-0.15, -0.1) is 0 Å². The number of halogens is 1. The normalized spacial score (nSPS) is 10.6. The maximum Gasteiger partial charge on any atom is 0.490 e. The third-order valence-corrected chi connectivity index (χ3v) is 1.33. The monoisotopic (exact) mass is 167 g/mol. The van der Waals surface area contributed by atoms with Crippen LogP contribution in [0.25, 0.3) is 6.08 Å². The maximum absolute atomic E-state index is 11.7. The molecular weight excluding hydrogens is 160 g/mol. The lowest BCUT2D eigenvalue weighted by Crippen LogP contribution is -2.30. The molecular formula is C7H7BFNO2. The van der Waals surface area contributed by atoms with Gasteiger partial charge in [-0.1, -0.05) is 6.07 Å². The van der Waals surface area contributed by atoms with Gasteiger partial charge in [-0.2, -0.15) is 0 Å². The van der Waals surface area contributed by atoms with E-state index in [1.54, 1.807) is 0 Å². The number of hydrogen-bond donors (Lipinski definition) is 2. The minimum atomic E-state index is -1.56. The van der Waals surface area contributed by atoms with E-state index in [9.17, 15) is 4.39 Å². The number of hydrogen-bond acceptors (Lipinski definition) is 3. The van der Waals surface area contributed by atoms with Crippen LogP contribution in [0.1, 0.15) is 5.56 Å². The fraction of sp³-hybridized carbons (Fsp3) is 0. The van der Waals surface area contributed by atoms with Crippen molar-refractivity contribution in [2.75, 3.05) is 0 Å². The van der Waals surface area contributed by atoms with Crippen molar-refractivity contribution in [1.82, 2.24) is 4.98 Å². The second-order valence-corrected chi connectivity index (χ2v) is 2.22. The van der Waals surface area contributed by atoms with Gasteiger partial charge in [0, 0.05) is 17.9 Å². The Hall–Kier alpha value is -1.20. The lowest BCUT2D eigenvalue weighted by atomic mass is 9.81. The number of rotatable bonds is 2. The smallest absolute Gasteiger partial charge is 0.423 e. The number of aromatic nitrogens is 1. The second-order valence-electron chi connectivity index (χ2n) is 2.22. The van der Waals surface area contributed by atoms with Gasteiger partial charge in [-0.3, -0.25) is 4.98 Å². The lowest BCUT2D eigenvalue weighted by Gasteiger charge is -1.98. The lowest BCUT2D eigenvalue weighted by molar-refractivity contribution is 0.425. The molecule has 2 N–H and O–H groups in total. The number of nitrogens with zero attached hydrogens (tertiary/aromatic N) is 1. The first-order valence-corrected chi connectivity index (χ1v) is 3.32. The Kier molecular flexibility index (Phi) is 2.96. The molecule has 1 aromatic heterocycles. The number of pyridine rings is 1. The predicted molar refractivity (Wildman–Crippen MR) is 44.2 cm³/mol. The topological polar surface area (TPSA) is 53.4 Å². The molecule has 0 atom stereocenters. The molecule has 0 amide bonds. The molecule has 0 unspecified atom stereocenters. The highest BCUT2D eigenvalue weighted by atomic mass is 19.1. The van der Waals surface area contributed by atoms with Crippen LogP contribution in [0.2, 0.25) is 0 Å². The Morgan fingerprint density at radius 3 is 2.75 bits per heavy atom. The van der Waals surface area contributed by atoms with E-state index in [-0.39, 0.29) is 5.46 Å². The average molecular weight is 167 g/mol. The summed E-state index contributed by atoms with van der Waals surface area (Å²) in [4.78, 5) is 3.69. The minimum absolute atomic E-state index is 0.241. The molecule has 0 radical (unpaired) electrons. The summed E-state index contributed by atoms with van der Waals surface area (Å²) in [6.07, 6.45) is 4.27. The summed E-state index contributed by atoms with van der Waals surface area (Å²) in [5.74, 6) is 0. The molecule has 3 nitrogen and oxygen atoms in total. The maximum atomic E-state index is 11.7. The molecule has 0 aliphatic rings. The Balaban J connectivity index is 2.95. The Labute approximate surface area is 69.3 Å². The SMILES string of the molecule is OB(O)c1cncc(C=CF)c1. The molecule has 0 aliphatic carbocycles. The molecule has 62 valence electrons. The molecule has 0 saturated heterocycles. The van der Waals surface area contributed by atoms with E-state index in [2.05, 4.69) is 4.98 Å². The summed E-state index contributed by atoms with van der Waals surface area (Å²) >= 11 is 0. The Bertz CT molecular complexity index is 290. The fourth-order valence-corrected chi connectivity index (χ4v) is 0.781. The first kappa shape index (κ1) is 8.90. The molecule has 0 bridgehead atoms. The molecule has 1 heterocycles. The van der Waals surface area contributed by atoms with Gasteiger partial charge in [0.2, 0.25) is 0 Å². The van der Waals surface area contributed by atoms with Crippen molar-refractivity contribution in [3.8, 4) is 0 Å². The predicted octanol–water partition coefficient (Wildman–Crippen LogP) is -0.298. The Morgan fingerprint density at radius 1 is 1.42 bits per heavy atom.